The van der Waals surface area contributed by atoms with Crippen LogP contribution in [0.5, 0.6) is 0 Å². The lowest BCUT2D eigenvalue weighted by atomic mass is 9.85. The highest BCUT2D eigenvalue weighted by atomic mass is 16.4. The fourth-order valence-electron chi connectivity index (χ4n) is 3.26. The Morgan fingerprint density at radius 3 is 2.61 bits per heavy atom. The Hall–Kier alpha value is -1.10. The molecule has 5 heteroatoms. The van der Waals surface area contributed by atoms with Crippen LogP contribution in [0.3, 0.4) is 0 Å². The van der Waals surface area contributed by atoms with Gasteiger partial charge in [-0.25, -0.2) is 4.79 Å². The third kappa shape index (κ3) is 2.51. The predicted molar refractivity (Wildman–Crippen MR) is 66.9 cm³/mol. The Kier molecular flexibility index (Phi) is 3.90. The average molecular weight is 254 g/mol. The molecule has 18 heavy (non-hydrogen) atoms. The van der Waals surface area contributed by atoms with Gasteiger partial charge in [0.15, 0.2) is 0 Å². The molecule has 1 saturated heterocycles. The van der Waals surface area contributed by atoms with Crippen molar-refractivity contribution in [3.8, 4) is 0 Å². The van der Waals surface area contributed by atoms with Gasteiger partial charge in [-0.15, -0.1) is 0 Å². The van der Waals surface area contributed by atoms with E-state index in [-0.39, 0.29) is 23.8 Å². The van der Waals surface area contributed by atoms with Gasteiger partial charge >= 0.3 is 5.97 Å². The minimum atomic E-state index is -0.881. The first-order valence-electron chi connectivity index (χ1n) is 6.79. The summed E-state index contributed by atoms with van der Waals surface area (Å²) in [6.07, 6.45) is 4.28. The van der Waals surface area contributed by atoms with Gasteiger partial charge in [-0.2, -0.15) is 0 Å². The molecule has 102 valence electrons. The Balaban J connectivity index is 2.06. The second kappa shape index (κ2) is 5.26. The third-order valence-electron chi connectivity index (χ3n) is 4.30. The molecule has 0 bridgehead atoms. The fourth-order valence-corrected chi connectivity index (χ4v) is 3.26. The molecule has 2 rings (SSSR count). The normalized spacial score (nSPS) is 36.7. The first-order chi connectivity index (χ1) is 8.50. The lowest BCUT2D eigenvalue weighted by molar-refractivity contribution is -0.151. The number of carbonyl (C=O) groups excluding carboxylic acids is 1. The Bertz CT molecular complexity index is 345. The molecule has 1 aliphatic heterocycles. The van der Waals surface area contributed by atoms with Crippen LogP contribution in [0.25, 0.3) is 0 Å². The van der Waals surface area contributed by atoms with Gasteiger partial charge in [0.25, 0.3) is 0 Å². The molecule has 0 radical (unpaired) electrons. The Morgan fingerprint density at radius 1 is 1.28 bits per heavy atom. The Labute approximate surface area is 107 Å². The number of amides is 1. The first-order valence-corrected chi connectivity index (χ1v) is 6.79. The van der Waals surface area contributed by atoms with E-state index in [0.29, 0.717) is 13.0 Å². The summed E-state index contributed by atoms with van der Waals surface area (Å²) in [6.45, 7) is 2.47. The molecule has 1 amide bonds. The summed E-state index contributed by atoms with van der Waals surface area (Å²) >= 11 is 0. The maximum atomic E-state index is 12.4. The zero-order valence-corrected chi connectivity index (χ0v) is 10.8. The highest BCUT2D eigenvalue weighted by Gasteiger charge is 2.42. The van der Waals surface area contributed by atoms with E-state index in [1.807, 2.05) is 6.92 Å². The highest BCUT2D eigenvalue weighted by Crippen LogP contribution is 2.30. The van der Waals surface area contributed by atoms with E-state index in [1.54, 1.807) is 4.90 Å². The van der Waals surface area contributed by atoms with Crippen LogP contribution in [0.2, 0.25) is 0 Å². The number of rotatable bonds is 2. The molecule has 1 heterocycles. The SMILES string of the molecule is CC1CCN(C(=O)C2CCCC(N)C2)C1C(=O)O. The van der Waals surface area contributed by atoms with Crippen molar-refractivity contribution in [1.82, 2.24) is 4.90 Å². The number of hydrogen-bond acceptors (Lipinski definition) is 3. The molecule has 0 aromatic rings. The largest absolute Gasteiger partial charge is 0.480 e. The number of nitrogens with two attached hydrogens (primary N) is 1. The number of carboxylic acids is 1. The fraction of sp³-hybridized carbons (Fsp3) is 0.846. The van der Waals surface area contributed by atoms with Gasteiger partial charge in [0.2, 0.25) is 5.91 Å². The maximum absolute atomic E-state index is 12.4. The van der Waals surface area contributed by atoms with Crippen LogP contribution < -0.4 is 5.73 Å². The summed E-state index contributed by atoms with van der Waals surface area (Å²) < 4.78 is 0. The second-order valence-corrected chi connectivity index (χ2v) is 5.70. The summed E-state index contributed by atoms with van der Waals surface area (Å²) in [5.41, 5.74) is 5.90. The zero-order valence-electron chi connectivity index (χ0n) is 10.8. The van der Waals surface area contributed by atoms with Crippen molar-refractivity contribution in [3.05, 3.63) is 0 Å². The van der Waals surface area contributed by atoms with Crippen molar-refractivity contribution in [2.24, 2.45) is 17.6 Å². The van der Waals surface area contributed by atoms with Gasteiger partial charge < -0.3 is 15.7 Å². The van der Waals surface area contributed by atoms with E-state index in [4.69, 9.17) is 5.73 Å². The summed E-state index contributed by atoms with van der Waals surface area (Å²) in [6, 6.07) is -0.549. The van der Waals surface area contributed by atoms with Gasteiger partial charge in [-0.05, 0) is 31.6 Å². The van der Waals surface area contributed by atoms with E-state index in [0.717, 1.165) is 25.7 Å². The van der Waals surface area contributed by atoms with Crippen LogP contribution in [0.4, 0.5) is 0 Å². The molecule has 4 unspecified atom stereocenters. The molecule has 1 saturated carbocycles. The lowest BCUT2D eigenvalue weighted by Gasteiger charge is -2.31. The monoisotopic (exact) mass is 254 g/mol. The van der Waals surface area contributed by atoms with Gasteiger partial charge in [0.05, 0.1) is 0 Å². The molecule has 0 aromatic carbocycles. The lowest BCUT2D eigenvalue weighted by Crippen LogP contribution is -2.47. The molecule has 2 fully saturated rings. The van der Waals surface area contributed by atoms with Gasteiger partial charge in [-0.1, -0.05) is 13.3 Å². The zero-order chi connectivity index (χ0) is 13.3. The van der Waals surface area contributed by atoms with E-state index < -0.39 is 12.0 Å². The van der Waals surface area contributed by atoms with Crippen molar-refractivity contribution >= 4 is 11.9 Å². The molecular weight excluding hydrogens is 232 g/mol. The summed E-state index contributed by atoms with van der Waals surface area (Å²) in [5, 5.41) is 9.23. The van der Waals surface area contributed by atoms with Crippen LogP contribution in [0, 0.1) is 11.8 Å². The average Bonchev–Trinajstić information content (AvgIpc) is 2.70. The quantitative estimate of drug-likeness (QED) is 0.764. The minimum absolute atomic E-state index is 0.00176. The van der Waals surface area contributed by atoms with Crippen molar-refractivity contribution in [1.29, 1.82) is 0 Å². The molecule has 0 spiro atoms. The number of aliphatic carboxylic acids is 1. The highest BCUT2D eigenvalue weighted by molar-refractivity contribution is 5.86. The molecule has 0 aromatic heterocycles. The molecule has 2 aliphatic rings. The van der Waals surface area contributed by atoms with Gasteiger partial charge in [0.1, 0.15) is 6.04 Å². The van der Waals surface area contributed by atoms with Crippen LogP contribution >= 0.6 is 0 Å². The first kappa shape index (κ1) is 13.3. The minimum Gasteiger partial charge on any atom is -0.480 e. The van der Waals surface area contributed by atoms with E-state index in [1.165, 1.54) is 0 Å². The van der Waals surface area contributed by atoms with Crippen molar-refractivity contribution in [2.75, 3.05) is 6.54 Å². The Morgan fingerprint density at radius 2 is 2.00 bits per heavy atom. The molecule has 5 nitrogen and oxygen atoms in total. The summed E-state index contributed by atoms with van der Waals surface area (Å²) in [5.74, 6) is -0.903. The topological polar surface area (TPSA) is 83.6 Å². The second-order valence-electron chi connectivity index (χ2n) is 5.70. The molecule has 4 atom stereocenters. The smallest absolute Gasteiger partial charge is 0.326 e. The number of likely N-dealkylation sites (tertiary alicyclic amines) is 1. The van der Waals surface area contributed by atoms with Crippen molar-refractivity contribution in [3.63, 3.8) is 0 Å². The van der Waals surface area contributed by atoms with Crippen LogP contribution in [-0.2, 0) is 9.59 Å². The predicted octanol–water partition coefficient (Wildman–Crippen LogP) is 0.826. The van der Waals surface area contributed by atoms with E-state index >= 15 is 0 Å². The van der Waals surface area contributed by atoms with Crippen molar-refractivity contribution in [2.45, 2.75) is 51.1 Å². The standard InChI is InChI=1S/C13H22N2O3/c1-8-5-6-15(11(8)13(17)18)12(16)9-3-2-4-10(14)7-9/h8-11H,2-7,14H2,1H3,(H,17,18). The van der Waals surface area contributed by atoms with Gasteiger partial charge in [0, 0.05) is 18.5 Å². The number of carboxylic acid groups (broad SMARTS) is 1. The number of nitrogens with zero attached hydrogens (tertiary/aromatic N) is 1. The van der Waals surface area contributed by atoms with Crippen LogP contribution in [-0.4, -0.2) is 40.5 Å². The van der Waals surface area contributed by atoms with Crippen LogP contribution in [0.15, 0.2) is 0 Å². The number of hydrogen-bond donors (Lipinski definition) is 2. The van der Waals surface area contributed by atoms with E-state index in [2.05, 4.69) is 0 Å². The molecule has 1 aliphatic carbocycles. The number of carbonyl (C=O) groups is 2. The molecular formula is C13H22N2O3. The van der Waals surface area contributed by atoms with Gasteiger partial charge in [-0.3, -0.25) is 4.79 Å². The van der Waals surface area contributed by atoms with E-state index in [9.17, 15) is 14.7 Å². The summed E-state index contributed by atoms with van der Waals surface area (Å²) in [4.78, 5) is 25.2. The summed E-state index contributed by atoms with van der Waals surface area (Å²) in [7, 11) is 0. The third-order valence-corrected chi connectivity index (χ3v) is 4.30. The van der Waals surface area contributed by atoms with Crippen LogP contribution in [0.1, 0.15) is 39.0 Å². The van der Waals surface area contributed by atoms with Crippen molar-refractivity contribution < 1.29 is 14.7 Å². The molecule has 3 N–H and O–H groups in total. The maximum Gasteiger partial charge on any atom is 0.326 e.